The molecule has 0 N–H and O–H groups in total. The Kier molecular flexibility index (Phi) is 3.20. The van der Waals surface area contributed by atoms with Crippen molar-refractivity contribution < 1.29 is 19.1 Å². The van der Waals surface area contributed by atoms with E-state index in [1.165, 1.54) is 7.11 Å². The summed E-state index contributed by atoms with van der Waals surface area (Å²) < 4.78 is 10.1. The molecule has 4 atom stereocenters. The molecule has 3 aliphatic rings. The van der Waals surface area contributed by atoms with E-state index in [1.807, 2.05) is 0 Å². The van der Waals surface area contributed by atoms with Gasteiger partial charge in [0.05, 0.1) is 13.2 Å². The summed E-state index contributed by atoms with van der Waals surface area (Å²) in [6, 6.07) is -0.607. The largest absolute Gasteiger partial charge is 0.467 e. The van der Waals surface area contributed by atoms with Crippen LogP contribution in [0.25, 0.3) is 0 Å². The van der Waals surface area contributed by atoms with Crippen LogP contribution in [0.3, 0.4) is 0 Å². The summed E-state index contributed by atoms with van der Waals surface area (Å²) >= 11 is 0. The lowest BCUT2D eigenvalue weighted by molar-refractivity contribution is -0.146. The van der Waals surface area contributed by atoms with Crippen molar-refractivity contribution in [3.8, 4) is 12.3 Å². The van der Waals surface area contributed by atoms with Crippen molar-refractivity contribution in [3.05, 3.63) is 12.3 Å². The van der Waals surface area contributed by atoms with Gasteiger partial charge in [0.2, 0.25) is 0 Å². The van der Waals surface area contributed by atoms with E-state index in [4.69, 9.17) is 15.9 Å². The zero-order chi connectivity index (χ0) is 15.2. The van der Waals surface area contributed by atoms with Gasteiger partial charge in [0.1, 0.15) is 11.8 Å². The van der Waals surface area contributed by atoms with Gasteiger partial charge in [-0.1, -0.05) is 6.58 Å². The molecule has 0 radical (unpaired) electrons. The highest BCUT2D eigenvalue weighted by Gasteiger charge is 2.64. The van der Waals surface area contributed by atoms with Gasteiger partial charge in [0, 0.05) is 12.3 Å². The molecule has 3 fully saturated rings. The molecule has 21 heavy (non-hydrogen) atoms. The van der Waals surface area contributed by atoms with Gasteiger partial charge in [0.25, 0.3) is 0 Å². The molecule has 2 heterocycles. The van der Waals surface area contributed by atoms with Crippen LogP contribution in [0.1, 0.15) is 32.1 Å². The molecule has 0 unspecified atom stereocenters. The standard InChI is InChI=1S/C16H19NO4/c1-4-5-7-16-8-6-11-10(2)21-15(19)17(13(11)16)12(9-16)14(18)20-3/h1,11-13H,2,5-9H2,3H3/t11-,12-,13-,16-/m0/s1. The van der Waals surface area contributed by atoms with Gasteiger partial charge >= 0.3 is 12.1 Å². The molecular formula is C16H19NO4. The molecule has 1 amide bonds. The second-order valence-electron chi connectivity index (χ2n) is 6.14. The molecule has 0 spiro atoms. The highest BCUT2D eigenvalue weighted by Crippen LogP contribution is 2.59. The summed E-state index contributed by atoms with van der Waals surface area (Å²) in [5, 5.41) is 0. The topological polar surface area (TPSA) is 55.8 Å². The minimum Gasteiger partial charge on any atom is -0.467 e. The van der Waals surface area contributed by atoms with Gasteiger partial charge in [-0.3, -0.25) is 4.90 Å². The van der Waals surface area contributed by atoms with E-state index in [0.717, 1.165) is 19.3 Å². The van der Waals surface area contributed by atoms with E-state index < -0.39 is 12.1 Å². The summed E-state index contributed by atoms with van der Waals surface area (Å²) in [6.45, 7) is 3.88. The van der Waals surface area contributed by atoms with Crippen molar-refractivity contribution in [2.24, 2.45) is 11.3 Å². The van der Waals surface area contributed by atoms with Crippen LogP contribution in [0.4, 0.5) is 4.79 Å². The zero-order valence-corrected chi connectivity index (χ0v) is 12.1. The zero-order valence-electron chi connectivity index (χ0n) is 12.1. The minimum atomic E-state index is -0.568. The molecule has 2 aliphatic heterocycles. The van der Waals surface area contributed by atoms with Gasteiger partial charge < -0.3 is 9.47 Å². The third-order valence-electron chi connectivity index (χ3n) is 5.28. The number of amides is 1. The fourth-order valence-electron chi connectivity index (χ4n) is 4.41. The number of methoxy groups -OCH3 is 1. The first-order valence-electron chi connectivity index (χ1n) is 7.24. The number of cyclic esters (lactones) is 1. The average Bonchev–Trinajstić information content (AvgIpc) is 2.98. The van der Waals surface area contributed by atoms with Crippen molar-refractivity contribution >= 4 is 12.1 Å². The van der Waals surface area contributed by atoms with Gasteiger partial charge in [-0.2, -0.15) is 0 Å². The Bertz CT molecular complexity index is 549. The Morgan fingerprint density at radius 3 is 3.10 bits per heavy atom. The molecule has 5 nitrogen and oxygen atoms in total. The van der Waals surface area contributed by atoms with Crippen LogP contribution in [0.2, 0.25) is 0 Å². The highest BCUT2D eigenvalue weighted by molar-refractivity contribution is 5.84. The van der Waals surface area contributed by atoms with E-state index >= 15 is 0 Å². The smallest absolute Gasteiger partial charge is 0.415 e. The fourth-order valence-corrected chi connectivity index (χ4v) is 4.41. The molecule has 1 aliphatic carbocycles. The number of carbonyl (C=O) groups excluding carboxylic acids is 2. The number of nitrogens with zero attached hydrogens (tertiary/aromatic N) is 1. The number of hydrogen-bond donors (Lipinski definition) is 0. The molecule has 5 heteroatoms. The molecule has 3 rings (SSSR count). The lowest BCUT2D eigenvalue weighted by Crippen LogP contribution is -2.52. The summed E-state index contributed by atoms with van der Waals surface area (Å²) in [5.74, 6) is 2.91. The van der Waals surface area contributed by atoms with E-state index in [1.54, 1.807) is 4.90 Å². The van der Waals surface area contributed by atoms with Crippen LogP contribution in [0, 0.1) is 23.7 Å². The number of hydrogen-bond acceptors (Lipinski definition) is 4. The van der Waals surface area contributed by atoms with Crippen LogP contribution in [0.15, 0.2) is 12.3 Å². The molecule has 0 aromatic heterocycles. The maximum absolute atomic E-state index is 12.2. The first-order chi connectivity index (χ1) is 10.0. The van der Waals surface area contributed by atoms with E-state index in [9.17, 15) is 9.59 Å². The third kappa shape index (κ3) is 1.85. The summed E-state index contributed by atoms with van der Waals surface area (Å²) in [6.07, 6.45) is 8.85. The van der Waals surface area contributed by atoms with E-state index in [2.05, 4.69) is 12.5 Å². The number of ether oxygens (including phenoxy) is 2. The van der Waals surface area contributed by atoms with Crippen molar-refractivity contribution in [3.63, 3.8) is 0 Å². The lowest BCUT2D eigenvalue weighted by Gasteiger charge is -2.39. The first kappa shape index (κ1) is 14.0. The van der Waals surface area contributed by atoms with E-state index in [-0.39, 0.29) is 23.3 Å². The fraction of sp³-hybridized carbons (Fsp3) is 0.625. The maximum atomic E-state index is 12.2. The lowest BCUT2D eigenvalue weighted by atomic mass is 9.76. The minimum absolute atomic E-state index is 0.0382. The summed E-state index contributed by atoms with van der Waals surface area (Å²) in [5.41, 5.74) is -0.113. The number of rotatable bonds is 3. The monoisotopic (exact) mass is 289 g/mol. The summed E-state index contributed by atoms with van der Waals surface area (Å²) in [7, 11) is 1.34. The average molecular weight is 289 g/mol. The van der Waals surface area contributed by atoms with Crippen molar-refractivity contribution in [1.29, 1.82) is 0 Å². The first-order valence-corrected chi connectivity index (χ1v) is 7.24. The third-order valence-corrected chi connectivity index (χ3v) is 5.28. The molecular weight excluding hydrogens is 270 g/mol. The van der Waals surface area contributed by atoms with Crippen LogP contribution in [-0.4, -0.2) is 36.2 Å². The highest BCUT2D eigenvalue weighted by atomic mass is 16.6. The molecule has 0 aromatic rings. The molecule has 112 valence electrons. The second-order valence-corrected chi connectivity index (χ2v) is 6.14. The Hall–Kier alpha value is -1.96. The van der Waals surface area contributed by atoms with Crippen LogP contribution in [-0.2, 0) is 14.3 Å². The van der Waals surface area contributed by atoms with Crippen LogP contribution >= 0.6 is 0 Å². The van der Waals surface area contributed by atoms with Gasteiger partial charge in [-0.05, 0) is 31.1 Å². The maximum Gasteiger partial charge on any atom is 0.415 e. The summed E-state index contributed by atoms with van der Waals surface area (Å²) in [4.78, 5) is 25.9. The Labute approximate surface area is 124 Å². The van der Waals surface area contributed by atoms with E-state index in [0.29, 0.717) is 18.6 Å². The second kappa shape index (κ2) is 4.80. The van der Waals surface area contributed by atoms with Crippen molar-refractivity contribution in [2.75, 3.05) is 7.11 Å². The quantitative estimate of drug-likeness (QED) is 0.589. The van der Waals surface area contributed by atoms with Crippen LogP contribution < -0.4 is 0 Å². The molecule has 0 bridgehead atoms. The normalized spacial score (nSPS) is 37.0. The predicted molar refractivity (Wildman–Crippen MR) is 74.9 cm³/mol. The molecule has 2 saturated heterocycles. The number of terminal acetylenes is 1. The Morgan fingerprint density at radius 1 is 1.67 bits per heavy atom. The predicted octanol–water partition coefficient (Wildman–Crippen LogP) is 2.08. The molecule has 1 saturated carbocycles. The van der Waals surface area contributed by atoms with Crippen LogP contribution in [0.5, 0.6) is 0 Å². The van der Waals surface area contributed by atoms with Crippen molar-refractivity contribution in [2.45, 2.75) is 44.2 Å². The Morgan fingerprint density at radius 2 is 2.43 bits per heavy atom. The Balaban J connectivity index is 2.00. The number of esters is 1. The molecule has 0 aromatic carbocycles. The van der Waals surface area contributed by atoms with Gasteiger partial charge in [0.15, 0.2) is 0 Å². The van der Waals surface area contributed by atoms with Gasteiger partial charge in [-0.25, -0.2) is 9.59 Å². The number of carbonyl (C=O) groups is 2. The SMILES string of the molecule is C#CCC[C@@]12CC[C@H]3C(=C)OC(=O)N([C@@H]31)[C@H](C(=O)OC)C2. The van der Waals surface area contributed by atoms with Gasteiger partial charge in [-0.15, -0.1) is 12.3 Å². The van der Waals surface area contributed by atoms with Crippen molar-refractivity contribution in [1.82, 2.24) is 4.90 Å².